The lowest BCUT2D eigenvalue weighted by atomic mass is 10.2. The maximum atomic E-state index is 12.4. The highest BCUT2D eigenvalue weighted by molar-refractivity contribution is 7.13. The first kappa shape index (κ1) is 15.5. The van der Waals surface area contributed by atoms with Crippen LogP contribution in [-0.2, 0) is 17.8 Å². The third kappa shape index (κ3) is 3.50. The van der Waals surface area contributed by atoms with Crippen molar-refractivity contribution in [2.24, 2.45) is 0 Å². The summed E-state index contributed by atoms with van der Waals surface area (Å²) in [4.78, 5) is 19.4. The number of hydrogen-bond acceptors (Lipinski definition) is 6. The Hall–Kier alpha value is -2.41. The summed E-state index contributed by atoms with van der Waals surface area (Å²) in [7, 11) is 1.74. The molecule has 3 aromatic heterocycles. The van der Waals surface area contributed by atoms with Crippen molar-refractivity contribution in [2.45, 2.75) is 26.8 Å². The number of hydrogen-bond donors (Lipinski definition) is 0. The number of carbonyl (C=O) groups excluding carboxylic acids is 1. The van der Waals surface area contributed by atoms with Crippen LogP contribution in [0.2, 0.25) is 0 Å². The van der Waals surface area contributed by atoms with Crippen LogP contribution in [-0.4, -0.2) is 28.0 Å². The second-order valence-electron chi connectivity index (χ2n) is 5.35. The fourth-order valence-electron chi connectivity index (χ4n) is 2.20. The van der Waals surface area contributed by atoms with Gasteiger partial charge in [0.25, 0.3) is 0 Å². The first-order valence-electron chi connectivity index (χ1n) is 7.19. The second kappa shape index (κ2) is 6.37. The van der Waals surface area contributed by atoms with E-state index < -0.39 is 0 Å². The molecule has 6 nitrogen and oxygen atoms in total. The van der Waals surface area contributed by atoms with Crippen molar-refractivity contribution < 1.29 is 13.7 Å². The normalized spacial score (nSPS) is 10.9. The summed E-state index contributed by atoms with van der Waals surface area (Å²) in [5.41, 5.74) is 1.40. The Kier molecular flexibility index (Phi) is 4.29. The van der Waals surface area contributed by atoms with E-state index in [-0.39, 0.29) is 12.3 Å². The summed E-state index contributed by atoms with van der Waals surface area (Å²) in [6, 6.07) is 5.71. The van der Waals surface area contributed by atoms with Gasteiger partial charge in [-0.2, -0.15) is 0 Å². The maximum Gasteiger partial charge on any atom is 0.236 e. The Balaban J connectivity index is 1.67. The second-order valence-corrected chi connectivity index (χ2v) is 6.30. The molecule has 0 saturated carbocycles. The van der Waals surface area contributed by atoms with Crippen molar-refractivity contribution in [3.05, 3.63) is 46.5 Å². The van der Waals surface area contributed by atoms with Crippen LogP contribution in [0.15, 0.2) is 32.5 Å². The van der Waals surface area contributed by atoms with Gasteiger partial charge in [0.1, 0.15) is 17.2 Å². The third-order valence-electron chi connectivity index (χ3n) is 3.44. The zero-order valence-electron chi connectivity index (χ0n) is 13.2. The number of thiophene rings is 1. The van der Waals surface area contributed by atoms with E-state index in [9.17, 15) is 4.79 Å². The molecule has 0 unspecified atom stereocenters. The van der Waals surface area contributed by atoms with E-state index in [0.717, 1.165) is 16.3 Å². The number of oxazole rings is 1. The van der Waals surface area contributed by atoms with Crippen LogP contribution in [0.25, 0.3) is 10.8 Å². The fourth-order valence-corrected chi connectivity index (χ4v) is 2.85. The van der Waals surface area contributed by atoms with Crippen LogP contribution in [0.4, 0.5) is 0 Å². The smallest absolute Gasteiger partial charge is 0.236 e. The molecule has 1 amide bonds. The van der Waals surface area contributed by atoms with Gasteiger partial charge >= 0.3 is 0 Å². The third-order valence-corrected chi connectivity index (χ3v) is 4.30. The average molecular weight is 331 g/mol. The van der Waals surface area contributed by atoms with Crippen LogP contribution in [0.1, 0.15) is 22.9 Å². The molecule has 3 rings (SSSR count). The number of likely N-dealkylation sites (N-methyl/N-ethyl adjacent to an activating group) is 1. The molecule has 0 spiro atoms. The van der Waals surface area contributed by atoms with Gasteiger partial charge in [-0.1, -0.05) is 11.2 Å². The van der Waals surface area contributed by atoms with E-state index in [1.807, 2.05) is 37.4 Å². The van der Waals surface area contributed by atoms with Crippen molar-refractivity contribution >= 4 is 17.2 Å². The zero-order valence-corrected chi connectivity index (χ0v) is 14.0. The molecule has 0 fully saturated rings. The van der Waals surface area contributed by atoms with Crippen molar-refractivity contribution in [2.75, 3.05) is 7.05 Å². The lowest BCUT2D eigenvalue weighted by Gasteiger charge is -2.14. The minimum atomic E-state index is -0.0419. The molecule has 0 radical (unpaired) electrons. The molecular formula is C16H17N3O3S. The quantitative estimate of drug-likeness (QED) is 0.718. The number of rotatable bonds is 5. The van der Waals surface area contributed by atoms with Gasteiger partial charge in [-0.15, -0.1) is 11.3 Å². The molecule has 0 aliphatic heterocycles. The summed E-state index contributed by atoms with van der Waals surface area (Å²) < 4.78 is 10.7. The van der Waals surface area contributed by atoms with E-state index in [2.05, 4.69) is 10.1 Å². The van der Waals surface area contributed by atoms with Gasteiger partial charge in [0, 0.05) is 13.1 Å². The molecular weight excluding hydrogens is 314 g/mol. The monoisotopic (exact) mass is 331 g/mol. The fraction of sp³-hybridized carbons (Fsp3) is 0.312. The Bertz CT molecular complexity index is 805. The Morgan fingerprint density at radius 1 is 1.39 bits per heavy atom. The minimum absolute atomic E-state index is 0.0419. The summed E-state index contributed by atoms with van der Waals surface area (Å²) in [5.74, 6) is 1.93. The van der Waals surface area contributed by atoms with Crippen molar-refractivity contribution in [3.8, 4) is 10.8 Å². The van der Waals surface area contributed by atoms with Gasteiger partial charge in [-0.3, -0.25) is 4.79 Å². The van der Waals surface area contributed by atoms with E-state index in [1.165, 1.54) is 0 Å². The summed E-state index contributed by atoms with van der Waals surface area (Å²) in [6.45, 7) is 4.06. The van der Waals surface area contributed by atoms with Crippen LogP contribution < -0.4 is 0 Å². The number of amides is 1. The molecule has 0 aromatic carbocycles. The maximum absolute atomic E-state index is 12.4. The van der Waals surface area contributed by atoms with Crippen molar-refractivity contribution in [1.82, 2.24) is 15.0 Å². The number of nitrogens with zero attached hydrogens (tertiary/aromatic N) is 3. The summed E-state index contributed by atoms with van der Waals surface area (Å²) in [6.07, 6.45) is 0.202. The Labute approximate surface area is 137 Å². The predicted octanol–water partition coefficient (Wildman–Crippen LogP) is 3.21. The average Bonchev–Trinajstić information content (AvgIpc) is 3.22. The van der Waals surface area contributed by atoms with Crippen LogP contribution in [0, 0.1) is 13.8 Å². The molecule has 120 valence electrons. The highest BCUT2D eigenvalue weighted by atomic mass is 32.1. The standard InChI is InChI=1S/C16H17N3O3S/c1-10-7-12(18-22-10)9-19(3)15(20)8-13-11(2)21-16(17-13)14-5-4-6-23-14/h4-7H,8-9H2,1-3H3. The molecule has 0 aliphatic carbocycles. The first-order chi connectivity index (χ1) is 11.0. The number of aromatic nitrogens is 2. The molecule has 23 heavy (non-hydrogen) atoms. The Morgan fingerprint density at radius 2 is 2.22 bits per heavy atom. The number of aryl methyl sites for hydroxylation is 2. The van der Waals surface area contributed by atoms with Gasteiger partial charge in [0.15, 0.2) is 0 Å². The summed E-state index contributed by atoms with van der Waals surface area (Å²) >= 11 is 1.56. The van der Waals surface area contributed by atoms with E-state index in [0.29, 0.717) is 23.9 Å². The molecule has 3 aromatic rings. The molecule has 0 saturated heterocycles. The summed E-state index contributed by atoms with van der Waals surface area (Å²) in [5, 5.41) is 5.86. The van der Waals surface area contributed by atoms with Crippen LogP contribution in [0.3, 0.4) is 0 Å². The van der Waals surface area contributed by atoms with Crippen molar-refractivity contribution in [3.63, 3.8) is 0 Å². The zero-order chi connectivity index (χ0) is 16.4. The lowest BCUT2D eigenvalue weighted by molar-refractivity contribution is -0.129. The molecule has 0 bridgehead atoms. The Morgan fingerprint density at radius 3 is 2.87 bits per heavy atom. The lowest BCUT2D eigenvalue weighted by Crippen LogP contribution is -2.28. The van der Waals surface area contributed by atoms with Crippen molar-refractivity contribution in [1.29, 1.82) is 0 Å². The topological polar surface area (TPSA) is 72.4 Å². The molecule has 7 heteroatoms. The largest absolute Gasteiger partial charge is 0.440 e. The van der Waals surface area contributed by atoms with E-state index >= 15 is 0 Å². The predicted molar refractivity (Wildman–Crippen MR) is 86.0 cm³/mol. The highest BCUT2D eigenvalue weighted by Crippen LogP contribution is 2.26. The molecule has 0 aliphatic rings. The van der Waals surface area contributed by atoms with Gasteiger partial charge in [0.05, 0.1) is 23.5 Å². The van der Waals surface area contributed by atoms with E-state index in [1.54, 1.807) is 23.3 Å². The highest BCUT2D eigenvalue weighted by Gasteiger charge is 2.18. The molecule has 0 N–H and O–H groups in total. The van der Waals surface area contributed by atoms with Gasteiger partial charge in [-0.25, -0.2) is 4.98 Å². The van der Waals surface area contributed by atoms with Gasteiger partial charge in [-0.05, 0) is 25.3 Å². The molecule has 0 atom stereocenters. The first-order valence-corrected chi connectivity index (χ1v) is 8.07. The van der Waals surface area contributed by atoms with Gasteiger partial charge < -0.3 is 13.8 Å². The molecule has 3 heterocycles. The van der Waals surface area contributed by atoms with Crippen LogP contribution in [0.5, 0.6) is 0 Å². The van der Waals surface area contributed by atoms with Gasteiger partial charge in [0.2, 0.25) is 11.8 Å². The SMILES string of the molecule is Cc1cc(CN(C)C(=O)Cc2nc(-c3cccs3)oc2C)no1. The number of carbonyl (C=O) groups is 1. The minimum Gasteiger partial charge on any atom is -0.440 e. The van der Waals surface area contributed by atoms with E-state index in [4.69, 9.17) is 8.94 Å². The van der Waals surface area contributed by atoms with Crippen LogP contribution >= 0.6 is 11.3 Å².